The van der Waals surface area contributed by atoms with Gasteiger partial charge in [-0.1, -0.05) is 0 Å². The largest absolute Gasteiger partial charge is 0.469 e. The molecule has 3 rings (SSSR count). The summed E-state index contributed by atoms with van der Waals surface area (Å²) in [7, 11) is 1.44. The second kappa shape index (κ2) is 4.72. The van der Waals surface area contributed by atoms with Crippen LogP contribution in [0, 0.1) is 5.92 Å². The Morgan fingerprint density at radius 1 is 1.56 bits per heavy atom. The lowest BCUT2D eigenvalue weighted by molar-refractivity contribution is -0.142. The van der Waals surface area contributed by atoms with Crippen molar-refractivity contribution in [3.63, 3.8) is 0 Å². The fourth-order valence-corrected chi connectivity index (χ4v) is 2.58. The van der Waals surface area contributed by atoms with Crippen molar-refractivity contribution in [3.8, 4) is 0 Å². The maximum absolute atomic E-state index is 11.4. The Hall–Kier alpha value is -1.36. The van der Waals surface area contributed by atoms with Gasteiger partial charge < -0.3 is 9.47 Å². The minimum absolute atomic E-state index is 0.00521. The van der Waals surface area contributed by atoms with E-state index >= 15 is 0 Å². The number of carbonyl (C=O) groups is 1. The second-order valence-electron chi connectivity index (χ2n) is 5.01. The molecule has 1 aromatic rings. The summed E-state index contributed by atoms with van der Waals surface area (Å²) in [6.07, 6.45) is 6.23. The van der Waals surface area contributed by atoms with Crippen LogP contribution in [0.1, 0.15) is 43.5 Å². The van der Waals surface area contributed by atoms with E-state index < -0.39 is 0 Å². The van der Waals surface area contributed by atoms with Crippen LogP contribution < -0.4 is 0 Å². The molecule has 2 aliphatic rings. The van der Waals surface area contributed by atoms with Crippen molar-refractivity contribution in [1.82, 2.24) is 9.78 Å². The van der Waals surface area contributed by atoms with Gasteiger partial charge >= 0.3 is 5.97 Å². The Morgan fingerprint density at radius 3 is 3.17 bits per heavy atom. The highest BCUT2D eigenvalue weighted by molar-refractivity contribution is 5.77. The van der Waals surface area contributed by atoms with Crippen LogP contribution in [0.25, 0.3) is 0 Å². The lowest BCUT2D eigenvalue weighted by atomic mass is 10.2. The Kier molecular flexibility index (Phi) is 3.07. The molecular formula is C13H18N2O3. The van der Waals surface area contributed by atoms with Crippen LogP contribution in [-0.4, -0.2) is 29.5 Å². The van der Waals surface area contributed by atoms with Gasteiger partial charge in [-0.05, 0) is 31.7 Å². The van der Waals surface area contributed by atoms with Gasteiger partial charge in [0.2, 0.25) is 0 Å². The summed E-state index contributed by atoms with van der Waals surface area (Å²) in [6.45, 7) is 0.814. The standard InChI is InChI=1S/C13H18N2O3/c1-17-13(16)10-8-9(10)11-5-6-15(14-11)12-4-2-3-7-18-12/h5-6,9-10,12H,2-4,7-8H2,1H3/t9-,10-,12-/m1/s1. The molecule has 0 spiro atoms. The molecule has 3 atom stereocenters. The van der Waals surface area contributed by atoms with Gasteiger partial charge in [-0.25, -0.2) is 4.68 Å². The summed E-state index contributed by atoms with van der Waals surface area (Å²) < 4.78 is 12.3. The molecule has 1 saturated heterocycles. The molecule has 1 aliphatic heterocycles. The van der Waals surface area contributed by atoms with Gasteiger partial charge in [0.25, 0.3) is 0 Å². The fourth-order valence-electron chi connectivity index (χ4n) is 2.58. The van der Waals surface area contributed by atoms with E-state index in [1.165, 1.54) is 13.5 Å². The van der Waals surface area contributed by atoms with Crippen molar-refractivity contribution >= 4 is 5.97 Å². The van der Waals surface area contributed by atoms with Crippen molar-refractivity contribution in [1.29, 1.82) is 0 Å². The average Bonchev–Trinajstić information content (AvgIpc) is 3.08. The van der Waals surface area contributed by atoms with E-state index in [-0.39, 0.29) is 24.0 Å². The Bertz CT molecular complexity index is 437. The molecular weight excluding hydrogens is 232 g/mol. The molecule has 1 saturated carbocycles. The van der Waals surface area contributed by atoms with Crippen LogP contribution in [-0.2, 0) is 14.3 Å². The third-order valence-corrected chi connectivity index (χ3v) is 3.75. The van der Waals surface area contributed by atoms with E-state index in [1.54, 1.807) is 0 Å². The van der Waals surface area contributed by atoms with E-state index in [2.05, 4.69) is 5.10 Å². The summed E-state index contributed by atoms with van der Waals surface area (Å²) in [6, 6.07) is 1.99. The third-order valence-electron chi connectivity index (χ3n) is 3.75. The molecule has 5 heteroatoms. The molecule has 18 heavy (non-hydrogen) atoms. The van der Waals surface area contributed by atoms with Crippen molar-refractivity contribution in [2.24, 2.45) is 5.92 Å². The number of ether oxygens (including phenoxy) is 2. The maximum atomic E-state index is 11.4. The third kappa shape index (κ3) is 2.14. The number of rotatable bonds is 3. The molecule has 0 unspecified atom stereocenters. The number of nitrogens with zero attached hydrogens (tertiary/aromatic N) is 2. The molecule has 0 aromatic carbocycles. The Labute approximate surface area is 106 Å². The van der Waals surface area contributed by atoms with Crippen LogP contribution >= 0.6 is 0 Å². The summed E-state index contributed by atoms with van der Waals surface area (Å²) in [4.78, 5) is 11.4. The first-order valence-corrected chi connectivity index (χ1v) is 6.54. The van der Waals surface area contributed by atoms with E-state index in [4.69, 9.17) is 9.47 Å². The van der Waals surface area contributed by atoms with E-state index in [0.717, 1.165) is 31.6 Å². The molecule has 0 bridgehead atoms. The number of hydrogen-bond donors (Lipinski definition) is 0. The van der Waals surface area contributed by atoms with Crippen LogP contribution in [0.3, 0.4) is 0 Å². The molecule has 0 N–H and O–H groups in total. The number of aromatic nitrogens is 2. The molecule has 2 fully saturated rings. The quantitative estimate of drug-likeness (QED) is 0.768. The van der Waals surface area contributed by atoms with Gasteiger partial charge in [0.1, 0.15) is 6.23 Å². The highest BCUT2D eigenvalue weighted by Crippen LogP contribution is 2.47. The van der Waals surface area contributed by atoms with E-state index in [0.29, 0.717) is 0 Å². The van der Waals surface area contributed by atoms with Gasteiger partial charge in [0.15, 0.2) is 0 Å². The van der Waals surface area contributed by atoms with Crippen molar-refractivity contribution < 1.29 is 14.3 Å². The molecule has 98 valence electrons. The minimum atomic E-state index is -0.122. The van der Waals surface area contributed by atoms with Crippen molar-refractivity contribution in [2.75, 3.05) is 13.7 Å². The van der Waals surface area contributed by atoms with Crippen LogP contribution in [0.15, 0.2) is 12.3 Å². The molecule has 5 nitrogen and oxygen atoms in total. The zero-order valence-electron chi connectivity index (χ0n) is 10.5. The zero-order chi connectivity index (χ0) is 12.5. The topological polar surface area (TPSA) is 53.4 Å². The number of esters is 1. The first-order chi connectivity index (χ1) is 8.79. The number of hydrogen-bond acceptors (Lipinski definition) is 4. The molecule has 2 heterocycles. The zero-order valence-corrected chi connectivity index (χ0v) is 10.5. The second-order valence-corrected chi connectivity index (χ2v) is 5.01. The Balaban J connectivity index is 1.65. The molecule has 1 aliphatic carbocycles. The first-order valence-electron chi connectivity index (χ1n) is 6.54. The van der Waals surface area contributed by atoms with Crippen LogP contribution in [0.4, 0.5) is 0 Å². The van der Waals surface area contributed by atoms with E-state index in [9.17, 15) is 4.79 Å². The normalized spacial score (nSPS) is 31.1. The van der Waals surface area contributed by atoms with Gasteiger partial charge in [0.05, 0.1) is 18.7 Å². The van der Waals surface area contributed by atoms with E-state index in [1.807, 2.05) is 16.9 Å². The smallest absolute Gasteiger partial charge is 0.309 e. The van der Waals surface area contributed by atoms with Crippen molar-refractivity contribution in [3.05, 3.63) is 18.0 Å². The van der Waals surface area contributed by atoms with Crippen LogP contribution in [0.2, 0.25) is 0 Å². The SMILES string of the molecule is COC(=O)[C@@H]1C[C@H]1c1ccn([C@H]2CCCCO2)n1. The molecule has 1 aromatic heterocycles. The first kappa shape index (κ1) is 11.7. The van der Waals surface area contributed by atoms with Crippen molar-refractivity contribution in [2.45, 2.75) is 37.8 Å². The number of methoxy groups -OCH3 is 1. The van der Waals surface area contributed by atoms with Gasteiger partial charge in [-0.15, -0.1) is 0 Å². The maximum Gasteiger partial charge on any atom is 0.309 e. The average molecular weight is 250 g/mol. The molecule has 0 radical (unpaired) electrons. The highest BCUT2D eigenvalue weighted by Gasteiger charge is 2.46. The van der Waals surface area contributed by atoms with Crippen LogP contribution in [0.5, 0.6) is 0 Å². The monoisotopic (exact) mass is 250 g/mol. The Morgan fingerprint density at radius 2 is 2.44 bits per heavy atom. The number of carbonyl (C=O) groups excluding carboxylic acids is 1. The minimum Gasteiger partial charge on any atom is -0.469 e. The summed E-state index contributed by atoms with van der Waals surface area (Å²) in [5.41, 5.74) is 0.986. The fraction of sp³-hybridized carbons (Fsp3) is 0.692. The lowest BCUT2D eigenvalue weighted by Gasteiger charge is -2.22. The summed E-state index contributed by atoms with van der Waals surface area (Å²) >= 11 is 0. The van der Waals surface area contributed by atoms with Gasteiger partial charge in [-0.3, -0.25) is 4.79 Å². The lowest BCUT2D eigenvalue weighted by Crippen LogP contribution is -2.18. The summed E-state index contributed by atoms with van der Waals surface area (Å²) in [5, 5.41) is 4.55. The predicted octanol–water partition coefficient (Wildman–Crippen LogP) is 1.86. The molecule has 0 amide bonds. The van der Waals surface area contributed by atoms with Gasteiger partial charge in [-0.2, -0.15) is 5.10 Å². The van der Waals surface area contributed by atoms with Gasteiger partial charge in [0, 0.05) is 18.7 Å². The summed E-state index contributed by atoms with van der Waals surface area (Å²) in [5.74, 6) is 0.122. The predicted molar refractivity (Wildman–Crippen MR) is 63.9 cm³/mol. The highest BCUT2D eigenvalue weighted by atomic mass is 16.5.